The van der Waals surface area contributed by atoms with Crippen LogP contribution in [0.1, 0.15) is 101 Å². The van der Waals surface area contributed by atoms with Crippen LogP contribution < -0.4 is 9.64 Å². The Labute approximate surface area is 250 Å². The minimum Gasteiger partial charge on any atom is -0.467 e. The van der Waals surface area contributed by atoms with Gasteiger partial charge in [-0.2, -0.15) is 9.97 Å². The van der Waals surface area contributed by atoms with E-state index in [2.05, 4.69) is 15.1 Å². The van der Waals surface area contributed by atoms with Crippen molar-refractivity contribution in [3.63, 3.8) is 0 Å². The number of benzene rings is 1. The van der Waals surface area contributed by atoms with Crippen LogP contribution in [0.4, 0.5) is 14.5 Å². The summed E-state index contributed by atoms with van der Waals surface area (Å²) in [5.74, 6) is -0.489. The number of amides is 1. The van der Waals surface area contributed by atoms with Gasteiger partial charge in [-0.15, -0.1) is 0 Å². The number of methoxy groups -OCH3 is 1. The van der Waals surface area contributed by atoms with Gasteiger partial charge in [-0.05, 0) is 93.7 Å². The van der Waals surface area contributed by atoms with Gasteiger partial charge in [0.1, 0.15) is 0 Å². The number of alkyl halides is 2. The Hall–Kier alpha value is -3.43. The summed E-state index contributed by atoms with van der Waals surface area (Å²) in [5, 5.41) is 4.30. The summed E-state index contributed by atoms with van der Waals surface area (Å²) in [5.41, 5.74) is 2.31. The summed E-state index contributed by atoms with van der Waals surface area (Å²) in [6, 6.07) is 9.98. The second-order valence-electron chi connectivity index (χ2n) is 13.5. The Morgan fingerprint density at radius 3 is 2.44 bits per heavy atom. The highest BCUT2D eigenvalue weighted by Gasteiger charge is 2.53. The summed E-state index contributed by atoms with van der Waals surface area (Å²) in [6.45, 7) is 0.610. The van der Waals surface area contributed by atoms with Crippen LogP contribution >= 0.6 is 0 Å². The molecular weight excluding hydrogens is 552 g/mol. The summed E-state index contributed by atoms with van der Waals surface area (Å²) in [6.07, 6.45) is 10.6. The molecule has 1 amide bonds. The maximum atomic E-state index is 14.1. The monoisotopic (exact) mass is 591 g/mol. The molecule has 10 heteroatoms. The molecule has 2 aromatic heterocycles. The van der Waals surface area contributed by atoms with Gasteiger partial charge in [-0.3, -0.25) is 4.79 Å². The third-order valence-electron chi connectivity index (χ3n) is 10.6. The molecule has 0 saturated heterocycles. The Morgan fingerprint density at radius 1 is 1.00 bits per heavy atom. The summed E-state index contributed by atoms with van der Waals surface area (Å²) in [4.78, 5) is 29.5. The molecule has 2 heterocycles. The molecular formula is C33H39F2N5O3. The van der Waals surface area contributed by atoms with Gasteiger partial charge in [0, 0.05) is 54.6 Å². The van der Waals surface area contributed by atoms with Crippen molar-refractivity contribution in [2.24, 2.45) is 11.3 Å². The second-order valence-corrected chi connectivity index (χ2v) is 13.5. The number of ether oxygens (including phenoxy) is 1. The van der Waals surface area contributed by atoms with Crippen LogP contribution in [0.2, 0.25) is 0 Å². The maximum absolute atomic E-state index is 14.1. The second kappa shape index (κ2) is 10.9. The Balaban J connectivity index is 1.13. The molecule has 43 heavy (non-hydrogen) atoms. The Kier molecular flexibility index (Phi) is 7.21. The van der Waals surface area contributed by atoms with E-state index < -0.39 is 5.92 Å². The third-order valence-corrected chi connectivity index (χ3v) is 10.6. The van der Waals surface area contributed by atoms with E-state index >= 15 is 0 Å². The van der Waals surface area contributed by atoms with E-state index in [1.807, 2.05) is 35.2 Å². The van der Waals surface area contributed by atoms with Crippen molar-refractivity contribution in [2.75, 3.05) is 18.6 Å². The minimum atomic E-state index is -2.61. The molecule has 8 rings (SSSR count). The third kappa shape index (κ3) is 5.77. The first-order valence-electron chi connectivity index (χ1n) is 15.8. The van der Waals surface area contributed by atoms with E-state index in [4.69, 9.17) is 14.2 Å². The lowest BCUT2D eigenvalue weighted by molar-refractivity contribution is -0.121. The molecule has 1 aromatic carbocycles. The van der Waals surface area contributed by atoms with Crippen molar-refractivity contribution < 1.29 is 22.8 Å². The number of nitrogens with zero attached hydrogens (tertiary/aromatic N) is 5. The smallest absolute Gasteiger partial charge is 0.316 e. The number of halogens is 2. The Morgan fingerprint density at radius 2 is 1.74 bits per heavy atom. The predicted octanol–water partition coefficient (Wildman–Crippen LogP) is 7.25. The van der Waals surface area contributed by atoms with Crippen LogP contribution in [-0.4, -0.2) is 45.6 Å². The first-order valence-corrected chi connectivity index (χ1v) is 15.8. The van der Waals surface area contributed by atoms with Crippen molar-refractivity contribution in [3.8, 4) is 17.3 Å². The van der Waals surface area contributed by atoms with Gasteiger partial charge < -0.3 is 14.2 Å². The SMILES string of the molecule is COc1nccc(-c2cccc(N(CC34CCC(c5nc(C6CC6)no5)(CC3)CC4)C(=O)CC3CCC(F)(F)CC3)c2)n1. The van der Waals surface area contributed by atoms with Gasteiger partial charge in [-0.1, -0.05) is 17.3 Å². The molecule has 0 unspecified atom stereocenters. The highest BCUT2D eigenvalue weighted by Crippen LogP contribution is 2.58. The van der Waals surface area contributed by atoms with Crippen molar-refractivity contribution in [1.82, 2.24) is 20.1 Å². The highest BCUT2D eigenvalue weighted by molar-refractivity contribution is 5.94. The predicted molar refractivity (Wildman–Crippen MR) is 156 cm³/mol. The van der Waals surface area contributed by atoms with Crippen LogP contribution in [0.3, 0.4) is 0 Å². The van der Waals surface area contributed by atoms with Crippen molar-refractivity contribution in [1.29, 1.82) is 0 Å². The fourth-order valence-electron chi connectivity index (χ4n) is 7.53. The van der Waals surface area contributed by atoms with Crippen LogP contribution in [-0.2, 0) is 10.2 Å². The fraction of sp³-hybridized carbons (Fsp3) is 0.606. The van der Waals surface area contributed by atoms with Crippen molar-refractivity contribution in [3.05, 3.63) is 48.2 Å². The van der Waals surface area contributed by atoms with Gasteiger partial charge >= 0.3 is 6.01 Å². The largest absolute Gasteiger partial charge is 0.467 e. The zero-order chi connectivity index (χ0) is 29.7. The van der Waals surface area contributed by atoms with Gasteiger partial charge in [-0.25, -0.2) is 13.8 Å². The molecule has 5 saturated carbocycles. The topological polar surface area (TPSA) is 94.2 Å². The standard InChI is InChI=1S/C33H39F2N5O3/c1-42-30-36-18-9-26(37-30)24-3-2-4-25(20-24)40(27(41)19-22-7-10-33(34,35)11-8-22)21-31-12-15-32(16-13-31,17-14-31)29-38-28(39-43-29)23-5-6-23/h2-4,9,18,20,22-23H,5-8,10-17,19,21H2,1H3. The lowest BCUT2D eigenvalue weighted by atomic mass is 9.53. The first kappa shape index (κ1) is 28.3. The number of fused-ring (bicyclic) bond motifs is 3. The summed E-state index contributed by atoms with van der Waals surface area (Å²) in [7, 11) is 1.53. The van der Waals surface area contributed by atoms with Gasteiger partial charge in [0.25, 0.3) is 0 Å². The van der Waals surface area contributed by atoms with E-state index in [0.717, 1.165) is 74.3 Å². The molecule has 0 N–H and O–H groups in total. The van der Waals surface area contributed by atoms with Crippen LogP contribution in [0, 0.1) is 11.3 Å². The number of hydrogen-bond donors (Lipinski definition) is 0. The number of anilines is 1. The lowest BCUT2D eigenvalue weighted by Gasteiger charge is -2.53. The fourth-order valence-corrected chi connectivity index (χ4v) is 7.53. The molecule has 8 nitrogen and oxygen atoms in total. The summed E-state index contributed by atoms with van der Waals surface area (Å²) >= 11 is 0. The van der Waals surface area contributed by atoms with Gasteiger partial charge in [0.15, 0.2) is 5.82 Å². The molecule has 0 aliphatic heterocycles. The van der Waals surface area contributed by atoms with Gasteiger partial charge in [0.2, 0.25) is 17.7 Å². The molecule has 2 bridgehead atoms. The number of carbonyl (C=O) groups excluding carboxylic acids is 1. The number of carbonyl (C=O) groups is 1. The average Bonchev–Trinajstić information content (AvgIpc) is 3.77. The quantitative estimate of drug-likeness (QED) is 0.259. The van der Waals surface area contributed by atoms with E-state index in [9.17, 15) is 13.6 Å². The maximum Gasteiger partial charge on any atom is 0.316 e. The molecule has 0 spiro atoms. The zero-order valence-electron chi connectivity index (χ0n) is 24.7. The number of hydrogen-bond acceptors (Lipinski definition) is 7. The normalized spacial score (nSPS) is 26.8. The van der Waals surface area contributed by atoms with E-state index in [1.165, 1.54) is 7.11 Å². The van der Waals surface area contributed by atoms with Crippen molar-refractivity contribution in [2.45, 2.75) is 101 Å². The summed E-state index contributed by atoms with van der Waals surface area (Å²) < 4.78 is 38.8. The van der Waals surface area contributed by atoms with Crippen LogP contribution in [0.15, 0.2) is 41.1 Å². The Bertz CT molecular complexity index is 1450. The molecule has 228 valence electrons. The van der Waals surface area contributed by atoms with E-state index in [-0.39, 0.29) is 47.9 Å². The highest BCUT2D eigenvalue weighted by atomic mass is 19.3. The van der Waals surface area contributed by atoms with Gasteiger partial charge in [0.05, 0.1) is 12.8 Å². The molecule has 3 aromatic rings. The zero-order valence-corrected chi connectivity index (χ0v) is 24.7. The number of aromatic nitrogens is 4. The minimum absolute atomic E-state index is 0.00943. The van der Waals surface area contributed by atoms with E-state index in [1.54, 1.807) is 6.20 Å². The van der Waals surface area contributed by atoms with Crippen molar-refractivity contribution >= 4 is 11.6 Å². The average molecular weight is 592 g/mol. The first-order chi connectivity index (χ1) is 20.8. The van der Waals surface area contributed by atoms with Crippen LogP contribution in [0.5, 0.6) is 6.01 Å². The molecule has 0 radical (unpaired) electrons. The van der Waals surface area contributed by atoms with Crippen LogP contribution in [0.25, 0.3) is 11.3 Å². The lowest BCUT2D eigenvalue weighted by Crippen LogP contribution is -2.51. The molecule has 0 atom stereocenters. The number of rotatable bonds is 9. The molecule has 5 aliphatic carbocycles. The molecule has 5 fully saturated rings. The molecule has 5 aliphatic rings. The van der Waals surface area contributed by atoms with E-state index in [0.29, 0.717) is 31.0 Å².